The van der Waals surface area contributed by atoms with Crippen LogP contribution in [0.3, 0.4) is 0 Å². The standard InChI is InChI=1S/C20H18ClN5O4/c1-11-3-6-13(9-15(11)21)26-19(28)17-18(20(26)29)25(24-23-17)10-16(27)22-12-4-7-14(30-2)8-5-12/h3-9,17-18H,10H2,1-2H3,(H,22,27)/t17-,18-/m0/s1. The largest absolute Gasteiger partial charge is 0.497 e. The van der Waals surface area contributed by atoms with Crippen molar-refractivity contribution >= 4 is 40.7 Å². The monoisotopic (exact) mass is 427 g/mol. The average molecular weight is 428 g/mol. The van der Waals surface area contributed by atoms with Crippen LogP contribution in [0.1, 0.15) is 5.56 Å². The number of amides is 3. The summed E-state index contributed by atoms with van der Waals surface area (Å²) in [4.78, 5) is 39.2. The zero-order valence-corrected chi connectivity index (χ0v) is 17.0. The fourth-order valence-corrected chi connectivity index (χ4v) is 3.53. The molecule has 0 aromatic heterocycles. The molecule has 9 nitrogen and oxygen atoms in total. The molecule has 2 aliphatic heterocycles. The van der Waals surface area contributed by atoms with Crippen LogP contribution in [0.15, 0.2) is 52.8 Å². The number of nitrogens with zero attached hydrogens (tertiary/aromatic N) is 4. The molecule has 0 spiro atoms. The molecule has 10 heteroatoms. The number of anilines is 2. The van der Waals surface area contributed by atoms with Gasteiger partial charge in [0.2, 0.25) is 5.91 Å². The van der Waals surface area contributed by atoms with E-state index in [1.54, 1.807) is 49.6 Å². The normalized spacial score (nSPS) is 20.0. The van der Waals surface area contributed by atoms with E-state index in [4.69, 9.17) is 16.3 Å². The predicted octanol–water partition coefficient (Wildman–Crippen LogP) is 2.59. The van der Waals surface area contributed by atoms with Crippen LogP contribution < -0.4 is 15.0 Å². The molecule has 2 aliphatic rings. The van der Waals surface area contributed by atoms with Crippen molar-refractivity contribution in [2.45, 2.75) is 19.0 Å². The van der Waals surface area contributed by atoms with E-state index in [0.29, 0.717) is 22.1 Å². The lowest BCUT2D eigenvalue weighted by Gasteiger charge is -2.20. The summed E-state index contributed by atoms with van der Waals surface area (Å²) in [6.07, 6.45) is 0. The minimum absolute atomic E-state index is 0.224. The zero-order chi connectivity index (χ0) is 21.4. The lowest BCUT2D eigenvalue weighted by Crippen LogP contribution is -2.43. The molecule has 0 bridgehead atoms. The lowest BCUT2D eigenvalue weighted by molar-refractivity contribution is -0.123. The molecule has 154 valence electrons. The number of fused-ring (bicyclic) bond motifs is 1. The van der Waals surface area contributed by atoms with E-state index in [1.165, 1.54) is 5.01 Å². The van der Waals surface area contributed by atoms with Crippen LogP contribution in [0.5, 0.6) is 5.75 Å². The van der Waals surface area contributed by atoms with Crippen LogP contribution in [0.25, 0.3) is 0 Å². The van der Waals surface area contributed by atoms with Gasteiger partial charge in [-0.25, -0.2) is 4.90 Å². The molecule has 0 aliphatic carbocycles. The first-order valence-corrected chi connectivity index (χ1v) is 9.52. The Labute approximate surface area is 177 Å². The van der Waals surface area contributed by atoms with Crippen molar-refractivity contribution in [3.05, 3.63) is 53.1 Å². The van der Waals surface area contributed by atoms with Crippen molar-refractivity contribution < 1.29 is 19.1 Å². The molecule has 2 heterocycles. The molecule has 1 fully saturated rings. The smallest absolute Gasteiger partial charge is 0.263 e. The summed E-state index contributed by atoms with van der Waals surface area (Å²) < 4.78 is 5.08. The van der Waals surface area contributed by atoms with E-state index in [-0.39, 0.29) is 6.54 Å². The van der Waals surface area contributed by atoms with Crippen molar-refractivity contribution in [3.8, 4) is 5.75 Å². The van der Waals surface area contributed by atoms with Gasteiger partial charge in [0.05, 0.1) is 12.8 Å². The average Bonchev–Trinajstić information content (AvgIpc) is 3.24. The third-order valence-electron chi connectivity index (χ3n) is 4.95. The third kappa shape index (κ3) is 3.48. The van der Waals surface area contributed by atoms with Crippen molar-refractivity contribution in [1.82, 2.24) is 5.01 Å². The van der Waals surface area contributed by atoms with Gasteiger partial charge in [0.15, 0.2) is 12.1 Å². The number of methoxy groups -OCH3 is 1. The van der Waals surface area contributed by atoms with Gasteiger partial charge in [0, 0.05) is 10.7 Å². The number of carbonyl (C=O) groups is 3. The highest BCUT2D eigenvalue weighted by Gasteiger charge is 2.55. The number of hydrogen-bond acceptors (Lipinski definition) is 7. The van der Waals surface area contributed by atoms with Crippen molar-refractivity contribution in [2.24, 2.45) is 10.3 Å². The molecule has 3 amide bonds. The minimum Gasteiger partial charge on any atom is -0.497 e. The van der Waals surface area contributed by atoms with Gasteiger partial charge < -0.3 is 10.1 Å². The van der Waals surface area contributed by atoms with Gasteiger partial charge in [-0.15, -0.1) is 0 Å². The number of imide groups is 1. The van der Waals surface area contributed by atoms with Gasteiger partial charge in [0.25, 0.3) is 11.8 Å². The number of nitrogens with one attached hydrogen (secondary N) is 1. The second-order valence-corrected chi connectivity index (χ2v) is 7.32. The summed E-state index contributed by atoms with van der Waals surface area (Å²) in [5.74, 6) is -0.716. The molecule has 2 aromatic carbocycles. The Bertz CT molecular complexity index is 1060. The van der Waals surface area contributed by atoms with Crippen LogP contribution in [-0.4, -0.2) is 48.5 Å². The first-order chi connectivity index (χ1) is 14.4. The summed E-state index contributed by atoms with van der Waals surface area (Å²) in [6, 6.07) is 9.81. The summed E-state index contributed by atoms with van der Waals surface area (Å²) in [5.41, 5.74) is 1.77. The Morgan fingerprint density at radius 2 is 1.90 bits per heavy atom. The molecule has 0 radical (unpaired) electrons. The van der Waals surface area contributed by atoms with Crippen LogP contribution in [-0.2, 0) is 14.4 Å². The fraction of sp³-hybridized carbons (Fsp3) is 0.250. The summed E-state index contributed by atoms with van der Waals surface area (Å²) >= 11 is 6.14. The van der Waals surface area contributed by atoms with Crippen LogP contribution in [0.4, 0.5) is 11.4 Å². The maximum atomic E-state index is 13.0. The van der Waals surface area contributed by atoms with E-state index in [9.17, 15) is 14.4 Å². The summed E-state index contributed by atoms with van der Waals surface area (Å²) in [7, 11) is 1.55. The first kappa shape index (κ1) is 19.8. The van der Waals surface area contributed by atoms with Crippen LogP contribution in [0.2, 0.25) is 5.02 Å². The first-order valence-electron chi connectivity index (χ1n) is 9.14. The molecule has 1 N–H and O–H groups in total. The van der Waals surface area contributed by atoms with Gasteiger partial charge in [0.1, 0.15) is 12.3 Å². The Balaban J connectivity index is 1.47. The second-order valence-electron chi connectivity index (χ2n) is 6.91. The Morgan fingerprint density at radius 1 is 1.17 bits per heavy atom. The Kier molecular flexibility index (Phi) is 5.13. The van der Waals surface area contributed by atoms with Crippen LogP contribution in [0, 0.1) is 6.92 Å². The molecular weight excluding hydrogens is 410 g/mol. The SMILES string of the molecule is COc1ccc(NC(=O)CN2N=N[C@@H]3C(=O)N(c4ccc(C)c(Cl)c4)C(=O)[C@H]32)cc1. The van der Waals surface area contributed by atoms with E-state index in [0.717, 1.165) is 10.5 Å². The zero-order valence-electron chi connectivity index (χ0n) is 16.2. The number of hydrogen-bond donors (Lipinski definition) is 1. The molecule has 1 saturated heterocycles. The summed E-state index contributed by atoms with van der Waals surface area (Å²) in [6.45, 7) is 1.60. The van der Waals surface area contributed by atoms with E-state index >= 15 is 0 Å². The summed E-state index contributed by atoms with van der Waals surface area (Å²) in [5, 5.41) is 12.2. The maximum Gasteiger partial charge on any atom is 0.263 e. The third-order valence-corrected chi connectivity index (χ3v) is 5.36. The van der Waals surface area contributed by atoms with Crippen molar-refractivity contribution in [1.29, 1.82) is 0 Å². The Hall–Kier alpha value is -3.46. The van der Waals surface area contributed by atoms with Gasteiger partial charge in [-0.2, -0.15) is 5.11 Å². The number of benzene rings is 2. The predicted molar refractivity (Wildman–Crippen MR) is 109 cm³/mol. The highest BCUT2D eigenvalue weighted by molar-refractivity contribution is 6.32. The molecule has 30 heavy (non-hydrogen) atoms. The van der Waals surface area contributed by atoms with E-state index in [2.05, 4.69) is 15.7 Å². The number of carbonyl (C=O) groups excluding carboxylic acids is 3. The van der Waals surface area contributed by atoms with Crippen LogP contribution >= 0.6 is 11.6 Å². The molecule has 4 rings (SSSR count). The van der Waals surface area contributed by atoms with E-state index in [1.807, 2.05) is 6.92 Å². The van der Waals surface area contributed by atoms with Gasteiger partial charge in [-0.05, 0) is 48.9 Å². The Morgan fingerprint density at radius 3 is 2.57 bits per heavy atom. The van der Waals surface area contributed by atoms with Gasteiger partial charge >= 0.3 is 0 Å². The topological polar surface area (TPSA) is 104 Å². The highest BCUT2D eigenvalue weighted by Crippen LogP contribution is 2.33. The van der Waals surface area contributed by atoms with Crippen molar-refractivity contribution in [2.75, 3.05) is 23.9 Å². The highest BCUT2D eigenvalue weighted by atomic mass is 35.5. The molecule has 0 saturated carbocycles. The number of aryl methyl sites for hydroxylation is 1. The maximum absolute atomic E-state index is 13.0. The molecule has 2 atom stereocenters. The number of halogens is 1. The quantitative estimate of drug-likeness (QED) is 0.738. The molecular formula is C20H18ClN5O4. The lowest BCUT2D eigenvalue weighted by atomic mass is 10.1. The van der Waals surface area contributed by atoms with E-state index < -0.39 is 29.8 Å². The van der Waals surface area contributed by atoms with Gasteiger partial charge in [-0.1, -0.05) is 22.9 Å². The molecule has 2 aromatic rings. The number of rotatable bonds is 5. The van der Waals surface area contributed by atoms with Gasteiger partial charge in [-0.3, -0.25) is 19.4 Å². The second kappa shape index (κ2) is 7.75. The fourth-order valence-electron chi connectivity index (χ4n) is 3.35. The number of ether oxygens (including phenoxy) is 1. The minimum atomic E-state index is -0.980. The molecule has 0 unspecified atom stereocenters. The van der Waals surface area contributed by atoms with Crippen molar-refractivity contribution in [3.63, 3.8) is 0 Å².